The summed E-state index contributed by atoms with van der Waals surface area (Å²) in [7, 11) is 0. The van der Waals surface area contributed by atoms with E-state index in [9.17, 15) is 9.59 Å². The summed E-state index contributed by atoms with van der Waals surface area (Å²) in [6.07, 6.45) is 6.10. The number of carbonyl (C=O) groups is 2. The fourth-order valence-corrected chi connectivity index (χ4v) is 3.62. The highest BCUT2D eigenvalue weighted by molar-refractivity contribution is 6.10. The number of rotatable bonds is 10. The Morgan fingerprint density at radius 3 is 2.34 bits per heavy atom. The molecule has 2 amide bonds. The lowest BCUT2D eigenvalue weighted by Crippen LogP contribution is -2.19. The Morgan fingerprint density at radius 2 is 1.56 bits per heavy atom. The zero-order valence-electron chi connectivity index (χ0n) is 18.9. The van der Waals surface area contributed by atoms with E-state index in [0.717, 1.165) is 34.9 Å². The third kappa shape index (κ3) is 6.51. The maximum absolute atomic E-state index is 12.5. The molecule has 0 aliphatic rings. The smallest absolute Gasteiger partial charge is 0.271 e. The zero-order chi connectivity index (χ0) is 22.8. The van der Waals surface area contributed by atoms with Crippen molar-refractivity contribution in [2.45, 2.75) is 52.4 Å². The van der Waals surface area contributed by atoms with E-state index >= 15 is 0 Å². The molecule has 0 saturated heterocycles. The molecule has 0 atom stereocenters. The quantitative estimate of drug-likeness (QED) is 0.226. The average molecular weight is 430 g/mol. The molecule has 5 heteroatoms. The van der Waals surface area contributed by atoms with Gasteiger partial charge in [-0.2, -0.15) is 5.10 Å². The Hall–Kier alpha value is -3.47. The number of unbranched alkanes of at least 4 members (excludes halogenated alkanes) is 4. The standard InChI is InChI=1S/C27H31N3O2/c1-3-4-5-6-7-15-26(31)28-23-18-16-22(17-19-23)27(32)30-29-20(2)24-14-10-12-21-11-8-9-13-25(21)24/h8-14,16-19H,3-7,15H2,1-2H3,(H,28,31)(H,30,32)/b29-20-. The molecule has 0 radical (unpaired) electrons. The number of amides is 2. The van der Waals surface area contributed by atoms with Crippen molar-refractivity contribution in [3.8, 4) is 0 Å². The minimum atomic E-state index is -0.293. The first-order valence-electron chi connectivity index (χ1n) is 11.3. The number of anilines is 1. The molecule has 0 bridgehead atoms. The molecule has 0 saturated carbocycles. The number of hydrogen-bond donors (Lipinski definition) is 2. The molecule has 0 aromatic heterocycles. The predicted octanol–water partition coefficient (Wildman–Crippen LogP) is 6.29. The molecule has 5 nitrogen and oxygen atoms in total. The van der Waals surface area contributed by atoms with Gasteiger partial charge in [-0.1, -0.05) is 75.1 Å². The first kappa shape index (κ1) is 23.2. The van der Waals surface area contributed by atoms with E-state index in [4.69, 9.17) is 0 Å². The van der Waals surface area contributed by atoms with Crippen LogP contribution in [-0.4, -0.2) is 17.5 Å². The van der Waals surface area contributed by atoms with Crippen molar-refractivity contribution < 1.29 is 9.59 Å². The monoisotopic (exact) mass is 429 g/mol. The molecular weight excluding hydrogens is 398 g/mol. The van der Waals surface area contributed by atoms with Crippen LogP contribution in [0.2, 0.25) is 0 Å². The summed E-state index contributed by atoms with van der Waals surface area (Å²) in [6, 6.07) is 21.0. The van der Waals surface area contributed by atoms with E-state index in [1.54, 1.807) is 24.3 Å². The first-order chi connectivity index (χ1) is 15.6. The number of benzene rings is 3. The van der Waals surface area contributed by atoms with Gasteiger partial charge in [-0.25, -0.2) is 5.43 Å². The summed E-state index contributed by atoms with van der Waals surface area (Å²) in [5.74, 6) is -0.285. The van der Waals surface area contributed by atoms with Crippen LogP contribution in [0.5, 0.6) is 0 Å². The third-order valence-corrected chi connectivity index (χ3v) is 5.44. The van der Waals surface area contributed by atoms with E-state index < -0.39 is 0 Å². The van der Waals surface area contributed by atoms with E-state index in [2.05, 4.69) is 34.9 Å². The number of nitrogens with one attached hydrogen (secondary N) is 2. The van der Waals surface area contributed by atoms with Crippen LogP contribution in [-0.2, 0) is 4.79 Å². The van der Waals surface area contributed by atoms with Crippen LogP contribution < -0.4 is 10.7 Å². The van der Waals surface area contributed by atoms with Crippen molar-refractivity contribution in [2.75, 3.05) is 5.32 Å². The van der Waals surface area contributed by atoms with Gasteiger partial charge in [0.25, 0.3) is 5.91 Å². The summed E-state index contributed by atoms with van der Waals surface area (Å²) in [4.78, 5) is 24.6. The largest absolute Gasteiger partial charge is 0.326 e. The van der Waals surface area contributed by atoms with Gasteiger partial charge >= 0.3 is 0 Å². The summed E-state index contributed by atoms with van der Waals surface area (Å²) in [5.41, 5.74) is 5.52. The molecule has 0 aliphatic heterocycles. The Bertz CT molecular complexity index is 1080. The fraction of sp³-hybridized carbons (Fsp3) is 0.296. The van der Waals surface area contributed by atoms with Gasteiger partial charge in [-0.15, -0.1) is 0 Å². The molecule has 3 aromatic carbocycles. The minimum Gasteiger partial charge on any atom is -0.326 e. The van der Waals surface area contributed by atoms with Crippen LogP contribution in [0.4, 0.5) is 5.69 Å². The lowest BCUT2D eigenvalue weighted by atomic mass is 10.0. The molecule has 2 N–H and O–H groups in total. The second-order valence-electron chi connectivity index (χ2n) is 7.95. The van der Waals surface area contributed by atoms with Crippen molar-refractivity contribution in [2.24, 2.45) is 5.10 Å². The van der Waals surface area contributed by atoms with Gasteiger partial charge < -0.3 is 5.32 Å². The van der Waals surface area contributed by atoms with Crippen molar-refractivity contribution in [3.63, 3.8) is 0 Å². The molecule has 0 fully saturated rings. The maximum Gasteiger partial charge on any atom is 0.271 e. The highest BCUT2D eigenvalue weighted by Gasteiger charge is 2.08. The van der Waals surface area contributed by atoms with Crippen molar-refractivity contribution in [1.29, 1.82) is 0 Å². The van der Waals surface area contributed by atoms with Crippen LogP contribution in [0, 0.1) is 0 Å². The molecule has 32 heavy (non-hydrogen) atoms. The summed E-state index contributed by atoms with van der Waals surface area (Å²) in [6.45, 7) is 4.05. The summed E-state index contributed by atoms with van der Waals surface area (Å²) in [5, 5.41) is 9.41. The Morgan fingerprint density at radius 1 is 0.844 bits per heavy atom. The maximum atomic E-state index is 12.5. The number of hydrogen-bond acceptors (Lipinski definition) is 3. The summed E-state index contributed by atoms with van der Waals surface area (Å²) < 4.78 is 0. The molecule has 3 rings (SSSR count). The van der Waals surface area contributed by atoms with Gasteiger partial charge in [-0.3, -0.25) is 9.59 Å². The highest BCUT2D eigenvalue weighted by Crippen LogP contribution is 2.19. The number of carbonyl (C=O) groups excluding carboxylic acids is 2. The van der Waals surface area contributed by atoms with Crippen LogP contribution in [0.25, 0.3) is 10.8 Å². The second-order valence-corrected chi connectivity index (χ2v) is 7.95. The lowest BCUT2D eigenvalue weighted by Gasteiger charge is -2.08. The van der Waals surface area contributed by atoms with Crippen LogP contribution in [0.3, 0.4) is 0 Å². The van der Waals surface area contributed by atoms with E-state index in [-0.39, 0.29) is 11.8 Å². The van der Waals surface area contributed by atoms with E-state index in [1.165, 1.54) is 19.3 Å². The number of nitrogens with zero attached hydrogens (tertiary/aromatic N) is 1. The van der Waals surface area contributed by atoms with Gasteiger partial charge in [0.2, 0.25) is 5.91 Å². The number of hydrazone groups is 1. The van der Waals surface area contributed by atoms with E-state index in [1.807, 2.05) is 37.3 Å². The SMILES string of the molecule is CCCCCCCC(=O)Nc1ccc(C(=O)N/N=C(/C)c2cccc3ccccc23)cc1. The lowest BCUT2D eigenvalue weighted by molar-refractivity contribution is -0.116. The molecule has 166 valence electrons. The fourth-order valence-electron chi connectivity index (χ4n) is 3.62. The average Bonchev–Trinajstić information content (AvgIpc) is 2.82. The van der Waals surface area contributed by atoms with Gasteiger partial charge in [0.15, 0.2) is 0 Å². The van der Waals surface area contributed by atoms with Crippen molar-refractivity contribution >= 4 is 34.0 Å². The van der Waals surface area contributed by atoms with Crippen LogP contribution in [0.1, 0.15) is 68.3 Å². The van der Waals surface area contributed by atoms with Crippen LogP contribution in [0.15, 0.2) is 71.8 Å². The third-order valence-electron chi connectivity index (χ3n) is 5.44. The predicted molar refractivity (Wildman–Crippen MR) is 132 cm³/mol. The van der Waals surface area contributed by atoms with Gasteiger partial charge in [0, 0.05) is 23.2 Å². The molecule has 0 spiro atoms. The minimum absolute atomic E-state index is 0.00834. The van der Waals surface area contributed by atoms with E-state index in [0.29, 0.717) is 17.7 Å². The van der Waals surface area contributed by atoms with Crippen LogP contribution >= 0.6 is 0 Å². The Labute approximate surface area is 189 Å². The highest BCUT2D eigenvalue weighted by atomic mass is 16.2. The topological polar surface area (TPSA) is 70.6 Å². The Balaban J connectivity index is 1.55. The van der Waals surface area contributed by atoms with Gasteiger partial charge in [-0.05, 0) is 48.4 Å². The van der Waals surface area contributed by atoms with Crippen molar-refractivity contribution in [3.05, 3.63) is 77.9 Å². The Kier molecular flexibility index (Phi) is 8.55. The van der Waals surface area contributed by atoms with Gasteiger partial charge in [0.05, 0.1) is 5.71 Å². The molecule has 0 aliphatic carbocycles. The summed E-state index contributed by atoms with van der Waals surface area (Å²) >= 11 is 0. The molecule has 0 heterocycles. The van der Waals surface area contributed by atoms with Gasteiger partial charge in [0.1, 0.15) is 0 Å². The second kappa shape index (κ2) is 11.8. The number of fused-ring (bicyclic) bond motifs is 1. The normalized spacial score (nSPS) is 11.4. The molecular formula is C27H31N3O2. The first-order valence-corrected chi connectivity index (χ1v) is 11.3. The zero-order valence-corrected chi connectivity index (χ0v) is 18.9. The molecule has 3 aromatic rings. The molecule has 0 unspecified atom stereocenters. The van der Waals surface area contributed by atoms with Crippen molar-refractivity contribution in [1.82, 2.24) is 5.43 Å².